The van der Waals surface area contributed by atoms with Crippen LogP contribution in [0.1, 0.15) is 35.7 Å². The third-order valence-electron chi connectivity index (χ3n) is 6.73. The van der Waals surface area contributed by atoms with Crippen LogP contribution in [-0.4, -0.2) is 41.2 Å². The second-order valence-corrected chi connectivity index (χ2v) is 9.93. The van der Waals surface area contributed by atoms with Gasteiger partial charge >= 0.3 is 6.18 Å². The lowest BCUT2D eigenvalue weighted by molar-refractivity contribution is -0.140. The number of aryl methyl sites for hydroxylation is 1. The average Bonchev–Trinajstić information content (AvgIpc) is 3.70. The van der Waals surface area contributed by atoms with Gasteiger partial charge in [-0.1, -0.05) is 17.7 Å². The highest BCUT2D eigenvalue weighted by Crippen LogP contribution is 2.45. The van der Waals surface area contributed by atoms with Crippen molar-refractivity contribution in [3.63, 3.8) is 0 Å². The molecule has 0 amide bonds. The van der Waals surface area contributed by atoms with E-state index < -0.39 is 11.9 Å². The number of alkyl halides is 3. The lowest BCUT2D eigenvalue weighted by Gasteiger charge is -2.14. The van der Waals surface area contributed by atoms with Gasteiger partial charge < -0.3 is 9.30 Å². The molecule has 0 bridgehead atoms. The van der Waals surface area contributed by atoms with E-state index >= 15 is 0 Å². The van der Waals surface area contributed by atoms with E-state index in [1.54, 1.807) is 30.5 Å². The number of ether oxygens (including phenoxy) is 1. The van der Waals surface area contributed by atoms with Crippen molar-refractivity contribution in [1.82, 2.24) is 34.1 Å². The topological polar surface area (TPSA) is 101 Å². The summed E-state index contributed by atoms with van der Waals surface area (Å²) >= 11 is 6.50. The minimum atomic E-state index is -4.58. The molecule has 9 nitrogen and oxygen atoms in total. The van der Waals surface area contributed by atoms with Crippen LogP contribution in [0.4, 0.5) is 13.2 Å². The van der Waals surface area contributed by atoms with Gasteiger partial charge in [-0.15, -0.1) is 0 Å². The Balaban J connectivity index is 1.40. The van der Waals surface area contributed by atoms with Gasteiger partial charge in [-0.2, -0.15) is 13.2 Å². The molecule has 4 heterocycles. The highest BCUT2D eigenvalue weighted by Gasteiger charge is 2.35. The zero-order valence-corrected chi connectivity index (χ0v) is 22.0. The van der Waals surface area contributed by atoms with Crippen LogP contribution < -0.4 is 10.3 Å². The first-order valence-corrected chi connectivity index (χ1v) is 12.7. The molecule has 0 aliphatic heterocycles. The van der Waals surface area contributed by atoms with Crippen molar-refractivity contribution >= 4 is 22.6 Å². The fourth-order valence-electron chi connectivity index (χ4n) is 4.63. The van der Waals surface area contributed by atoms with E-state index in [0.29, 0.717) is 39.4 Å². The van der Waals surface area contributed by atoms with Crippen molar-refractivity contribution in [2.24, 2.45) is 7.05 Å². The van der Waals surface area contributed by atoms with Crippen molar-refractivity contribution < 1.29 is 17.9 Å². The van der Waals surface area contributed by atoms with Crippen LogP contribution >= 0.6 is 11.6 Å². The van der Waals surface area contributed by atoms with Crippen molar-refractivity contribution in [1.29, 1.82) is 0 Å². The first-order valence-electron chi connectivity index (χ1n) is 12.3. The van der Waals surface area contributed by atoms with Crippen LogP contribution in [0.15, 0.2) is 53.8 Å². The number of imidazole rings is 1. The summed E-state index contributed by atoms with van der Waals surface area (Å²) in [5.74, 6) is 1.05. The van der Waals surface area contributed by atoms with E-state index in [4.69, 9.17) is 21.3 Å². The molecule has 0 saturated heterocycles. The lowest BCUT2D eigenvalue weighted by atomic mass is 10.1. The monoisotopic (exact) mass is 567 g/mol. The molecule has 4 aromatic heterocycles. The number of aromatic nitrogens is 7. The highest BCUT2D eigenvalue weighted by atomic mass is 35.5. The number of methoxy groups -OCH3 is 1. The Morgan fingerprint density at radius 3 is 2.58 bits per heavy atom. The predicted molar refractivity (Wildman–Crippen MR) is 141 cm³/mol. The maximum Gasteiger partial charge on any atom is 0.434 e. The number of benzene rings is 1. The van der Waals surface area contributed by atoms with Crippen molar-refractivity contribution in [2.45, 2.75) is 31.5 Å². The molecule has 1 fully saturated rings. The van der Waals surface area contributed by atoms with E-state index in [-0.39, 0.29) is 28.9 Å². The number of hydrogen-bond donors (Lipinski definition) is 0. The van der Waals surface area contributed by atoms with E-state index in [1.165, 1.54) is 35.7 Å². The molecule has 0 atom stereocenters. The van der Waals surface area contributed by atoms with Crippen LogP contribution in [0, 0.1) is 0 Å². The fraction of sp³-hybridized carbons (Fsp3) is 0.259. The molecule has 0 radical (unpaired) electrons. The summed E-state index contributed by atoms with van der Waals surface area (Å²) in [4.78, 5) is 34.7. The van der Waals surface area contributed by atoms with Gasteiger partial charge in [-0.3, -0.25) is 9.36 Å². The van der Waals surface area contributed by atoms with Crippen LogP contribution in [0.3, 0.4) is 0 Å². The lowest BCUT2D eigenvalue weighted by Crippen LogP contribution is -2.21. The molecule has 1 aliphatic rings. The van der Waals surface area contributed by atoms with E-state index in [2.05, 4.69) is 19.9 Å². The van der Waals surface area contributed by atoms with Crippen molar-refractivity contribution in [2.75, 3.05) is 7.11 Å². The summed E-state index contributed by atoms with van der Waals surface area (Å²) in [6.07, 6.45) is 1.42. The van der Waals surface area contributed by atoms with Gasteiger partial charge in [-0.25, -0.2) is 24.9 Å². The molecule has 40 heavy (non-hydrogen) atoms. The quantitative estimate of drug-likeness (QED) is 0.276. The first-order chi connectivity index (χ1) is 19.1. The maximum atomic E-state index is 13.1. The molecule has 204 valence electrons. The first kappa shape index (κ1) is 25.9. The van der Waals surface area contributed by atoms with Crippen LogP contribution in [0.5, 0.6) is 5.88 Å². The molecule has 1 aromatic carbocycles. The third kappa shape index (κ3) is 4.68. The summed E-state index contributed by atoms with van der Waals surface area (Å²) in [7, 11) is 2.98. The maximum absolute atomic E-state index is 13.1. The summed E-state index contributed by atoms with van der Waals surface area (Å²) in [5.41, 5.74) is 1.47. The van der Waals surface area contributed by atoms with E-state index in [1.807, 2.05) is 0 Å². The molecule has 5 aromatic rings. The number of rotatable bonds is 6. The molecule has 0 unspecified atom stereocenters. The van der Waals surface area contributed by atoms with Gasteiger partial charge in [0.1, 0.15) is 23.4 Å². The summed E-state index contributed by atoms with van der Waals surface area (Å²) in [5, 5.41) is 0.839. The van der Waals surface area contributed by atoms with Crippen LogP contribution in [-0.2, 0) is 19.8 Å². The molecule has 1 saturated carbocycles. The Morgan fingerprint density at radius 1 is 1.10 bits per heavy atom. The molecule has 6 rings (SSSR count). The zero-order chi connectivity index (χ0) is 28.2. The normalized spacial score (nSPS) is 13.7. The standard InChI is InChI=1S/C27H21ClF3N7O2/c1-37-12-19(27(29,30)31)35-25(37)17-7-3-14(9-18(17)28)11-38-20(39)8-6-16-10-32-23(36-24(16)38)21-22(15-4-5-15)33-13-34-26(21)40-2/h3,6-10,12-13,15H,4-5,11H2,1-2H3. The zero-order valence-electron chi connectivity index (χ0n) is 21.3. The van der Waals surface area contributed by atoms with Gasteiger partial charge in [0, 0.05) is 42.4 Å². The van der Waals surface area contributed by atoms with Gasteiger partial charge in [0.2, 0.25) is 5.88 Å². The van der Waals surface area contributed by atoms with Gasteiger partial charge in [0.05, 0.1) is 24.4 Å². The number of halogens is 4. The number of fused-ring (bicyclic) bond motifs is 1. The van der Waals surface area contributed by atoms with Crippen molar-refractivity contribution in [3.8, 4) is 28.7 Å². The van der Waals surface area contributed by atoms with Gasteiger partial charge in [0.25, 0.3) is 5.56 Å². The van der Waals surface area contributed by atoms with Crippen LogP contribution in [0.2, 0.25) is 5.02 Å². The smallest absolute Gasteiger partial charge is 0.434 e. The molecule has 0 spiro atoms. The molecular weight excluding hydrogens is 547 g/mol. The average molecular weight is 568 g/mol. The molecule has 0 N–H and O–H groups in total. The summed E-state index contributed by atoms with van der Waals surface area (Å²) in [6.45, 7) is 0.110. The Bertz CT molecular complexity index is 1830. The van der Waals surface area contributed by atoms with E-state index in [0.717, 1.165) is 24.7 Å². The van der Waals surface area contributed by atoms with Gasteiger partial charge in [-0.05, 0) is 36.6 Å². The third-order valence-corrected chi connectivity index (χ3v) is 7.04. The Morgan fingerprint density at radius 2 is 1.90 bits per heavy atom. The Labute approximate surface area is 230 Å². The predicted octanol–water partition coefficient (Wildman–Crippen LogP) is 5.26. The Hall–Kier alpha value is -4.32. The molecule has 13 heteroatoms. The van der Waals surface area contributed by atoms with E-state index in [9.17, 15) is 18.0 Å². The number of hydrogen-bond acceptors (Lipinski definition) is 7. The Kier molecular flexibility index (Phi) is 6.29. The second-order valence-electron chi connectivity index (χ2n) is 9.52. The van der Waals surface area contributed by atoms with Gasteiger partial charge in [0.15, 0.2) is 11.5 Å². The van der Waals surface area contributed by atoms with Crippen LogP contribution in [0.25, 0.3) is 33.8 Å². The number of nitrogens with zero attached hydrogens (tertiary/aromatic N) is 7. The highest BCUT2D eigenvalue weighted by molar-refractivity contribution is 6.33. The second kappa shape index (κ2) is 9.70. The molecular formula is C27H21ClF3N7O2. The number of pyridine rings is 1. The molecule has 1 aliphatic carbocycles. The minimum Gasteiger partial charge on any atom is -0.480 e. The fourth-order valence-corrected chi connectivity index (χ4v) is 4.92. The summed E-state index contributed by atoms with van der Waals surface area (Å²) in [6, 6.07) is 7.95. The summed E-state index contributed by atoms with van der Waals surface area (Å²) < 4.78 is 47.7. The largest absolute Gasteiger partial charge is 0.480 e. The van der Waals surface area contributed by atoms with Crippen molar-refractivity contribution in [3.05, 3.63) is 81.4 Å². The SMILES string of the molecule is COc1ncnc(C2CC2)c1-c1ncc2ccc(=O)n(Cc3ccc(-c4nc(C(F)(F)F)cn4C)c(Cl)c3)c2n1. The minimum absolute atomic E-state index is 0.0779.